The molecule has 1 N–H and O–H groups in total. The molecule has 0 unspecified atom stereocenters. The van der Waals surface area contributed by atoms with E-state index in [0.717, 1.165) is 30.0 Å². The number of anilines is 1. The molecule has 1 amide bonds. The average Bonchev–Trinajstić information content (AvgIpc) is 3.00. The first-order valence-corrected chi connectivity index (χ1v) is 9.30. The molecule has 0 spiro atoms. The van der Waals surface area contributed by atoms with Crippen LogP contribution < -0.4 is 5.32 Å². The fraction of sp³-hybridized carbons (Fsp3) is 0.611. The molecule has 1 fully saturated rings. The van der Waals surface area contributed by atoms with Gasteiger partial charge in [0.25, 0.3) is 0 Å². The lowest BCUT2D eigenvalue weighted by Crippen LogP contribution is -2.43. The Hall–Kier alpha value is -2.35. The molecule has 26 heavy (non-hydrogen) atoms. The summed E-state index contributed by atoms with van der Waals surface area (Å²) in [4.78, 5) is 22.8. The predicted octanol–water partition coefficient (Wildman–Crippen LogP) is 2.50. The monoisotopic (exact) mass is 361 g/mol. The smallest absolute Gasteiger partial charge is 0.409 e. The van der Waals surface area contributed by atoms with Crippen molar-refractivity contribution in [2.24, 2.45) is 0 Å². The number of aromatic nitrogens is 3. The molecular formula is C18H27N5O3. The lowest BCUT2D eigenvalue weighted by molar-refractivity contribution is 0.0982. The van der Waals surface area contributed by atoms with Crippen LogP contribution in [0.2, 0.25) is 0 Å². The number of fused-ring (bicyclic) bond motifs is 1. The van der Waals surface area contributed by atoms with Crippen LogP contribution in [-0.2, 0) is 16.0 Å². The Labute approximate surface area is 153 Å². The van der Waals surface area contributed by atoms with E-state index in [0.29, 0.717) is 39.5 Å². The third-order valence-corrected chi connectivity index (χ3v) is 4.52. The minimum atomic E-state index is -0.223. The predicted molar refractivity (Wildman–Crippen MR) is 99.3 cm³/mol. The lowest BCUT2D eigenvalue weighted by Gasteiger charge is -2.31. The first kappa shape index (κ1) is 18.4. The molecule has 0 aliphatic carbocycles. The Morgan fingerprint density at radius 1 is 1.31 bits per heavy atom. The fourth-order valence-corrected chi connectivity index (χ4v) is 3.18. The molecule has 142 valence electrons. The zero-order chi connectivity index (χ0) is 18.4. The zero-order valence-electron chi connectivity index (χ0n) is 15.5. The highest BCUT2D eigenvalue weighted by Gasteiger charge is 2.25. The zero-order valence-corrected chi connectivity index (χ0v) is 15.5. The van der Waals surface area contributed by atoms with Gasteiger partial charge in [-0.2, -0.15) is 0 Å². The Morgan fingerprint density at radius 3 is 2.85 bits per heavy atom. The third kappa shape index (κ3) is 4.24. The van der Waals surface area contributed by atoms with Crippen molar-refractivity contribution in [3.63, 3.8) is 0 Å². The summed E-state index contributed by atoms with van der Waals surface area (Å²) < 4.78 is 12.7. The highest BCUT2D eigenvalue weighted by Crippen LogP contribution is 2.21. The standard InChI is InChI=1S/C18H27N5O3/c1-3-25-13-12-23-16-15(6-5-9-19-16)21-17(23)20-14-7-10-22(11-8-14)18(24)26-4-2/h5-6,9,14H,3-4,7-8,10-13H2,1-2H3,(H,20,21). The van der Waals surface area contributed by atoms with Gasteiger partial charge in [0.1, 0.15) is 5.52 Å². The lowest BCUT2D eigenvalue weighted by atomic mass is 10.1. The number of nitrogens with zero attached hydrogens (tertiary/aromatic N) is 4. The van der Waals surface area contributed by atoms with Gasteiger partial charge >= 0.3 is 6.09 Å². The van der Waals surface area contributed by atoms with Gasteiger partial charge in [-0.15, -0.1) is 0 Å². The van der Waals surface area contributed by atoms with E-state index >= 15 is 0 Å². The number of rotatable bonds is 7. The van der Waals surface area contributed by atoms with Gasteiger partial charge in [0.15, 0.2) is 5.65 Å². The third-order valence-electron chi connectivity index (χ3n) is 4.52. The van der Waals surface area contributed by atoms with Crippen molar-refractivity contribution in [2.45, 2.75) is 39.3 Å². The number of piperidine rings is 1. The van der Waals surface area contributed by atoms with E-state index in [2.05, 4.69) is 14.9 Å². The molecule has 0 saturated carbocycles. The van der Waals surface area contributed by atoms with Crippen molar-refractivity contribution in [3.8, 4) is 0 Å². The Bertz CT molecular complexity index is 725. The maximum Gasteiger partial charge on any atom is 0.409 e. The Balaban J connectivity index is 1.67. The van der Waals surface area contributed by atoms with E-state index in [1.807, 2.05) is 26.0 Å². The van der Waals surface area contributed by atoms with E-state index in [9.17, 15) is 4.79 Å². The summed E-state index contributed by atoms with van der Waals surface area (Å²) in [6.45, 7) is 7.61. The first-order chi connectivity index (χ1) is 12.7. The maximum atomic E-state index is 11.8. The Morgan fingerprint density at radius 2 is 2.12 bits per heavy atom. The number of imidazole rings is 1. The van der Waals surface area contributed by atoms with Crippen molar-refractivity contribution < 1.29 is 14.3 Å². The van der Waals surface area contributed by atoms with Crippen molar-refractivity contribution in [2.75, 3.05) is 38.2 Å². The minimum absolute atomic E-state index is 0.223. The van der Waals surface area contributed by atoms with Crippen LogP contribution in [0, 0.1) is 0 Å². The molecule has 1 aliphatic rings. The molecule has 2 aromatic rings. The van der Waals surface area contributed by atoms with Crippen molar-refractivity contribution >= 4 is 23.2 Å². The number of likely N-dealkylation sites (tertiary alicyclic amines) is 1. The molecule has 1 saturated heterocycles. The van der Waals surface area contributed by atoms with E-state index in [4.69, 9.17) is 14.5 Å². The summed E-state index contributed by atoms with van der Waals surface area (Å²) in [6, 6.07) is 4.13. The van der Waals surface area contributed by atoms with Crippen LogP contribution in [-0.4, -0.2) is 64.5 Å². The number of pyridine rings is 1. The van der Waals surface area contributed by atoms with Gasteiger partial charge in [-0.25, -0.2) is 14.8 Å². The molecule has 0 radical (unpaired) electrons. The maximum absolute atomic E-state index is 11.8. The highest BCUT2D eigenvalue weighted by atomic mass is 16.6. The SMILES string of the molecule is CCOCCn1c(NC2CCN(C(=O)OCC)CC2)nc2cccnc21. The van der Waals surface area contributed by atoms with Gasteiger partial charge in [0.05, 0.1) is 19.8 Å². The number of nitrogens with one attached hydrogen (secondary N) is 1. The molecule has 8 nitrogen and oxygen atoms in total. The summed E-state index contributed by atoms with van der Waals surface area (Å²) in [5, 5.41) is 3.53. The van der Waals surface area contributed by atoms with E-state index in [1.165, 1.54) is 0 Å². The second-order valence-electron chi connectivity index (χ2n) is 6.23. The number of carbonyl (C=O) groups is 1. The van der Waals surface area contributed by atoms with Crippen molar-refractivity contribution in [3.05, 3.63) is 18.3 Å². The molecule has 8 heteroatoms. The van der Waals surface area contributed by atoms with Gasteiger partial charge in [-0.1, -0.05) is 0 Å². The summed E-state index contributed by atoms with van der Waals surface area (Å²) in [5.74, 6) is 0.813. The topological polar surface area (TPSA) is 81.5 Å². The number of ether oxygens (including phenoxy) is 2. The Kier molecular flexibility index (Phi) is 6.27. The molecule has 0 aromatic carbocycles. The van der Waals surface area contributed by atoms with Crippen LogP contribution in [0.5, 0.6) is 0 Å². The first-order valence-electron chi connectivity index (χ1n) is 9.30. The van der Waals surface area contributed by atoms with Crippen molar-refractivity contribution in [1.29, 1.82) is 0 Å². The van der Waals surface area contributed by atoms with Gasteiger partial charge in [-0.3, -0.25) is 4.57 Å². The van der Waals surface area contributed by atoms with Crippen LogP contribution >= 0.6 is 0 Å². The van der Waals surface area contributed by atoms with Crippen LogP contribution in [0.4, 0.5) is 10.7 Å². The van der Waals surface area contributed by atoms with Gasteiger partial charge < -0.3 is 19.7 Å². The quantitative estimate of drug-likeness (QED) is 0.763. The van der Waals surface area contributed by atoms with Crippen LogP contribution in [0.1, 0.15) is 26.7 Å². The molecular weight excluding hydrogens is 334 g/mol. The second kappa shape index (κ2) is 8.84. The number of amides is 1. The summed E-state index contributed by atoms with van der Waals surface area (Å²) in [7, 11) is 0. The highest BCUT2D eigenvalue weighted by molar-refractivity contribution is 5.74. The summed E-state index contributed by atoms with van der Waals surface area (Å²) in [6.07, 6.45) is 3.28. The molecule has 1 aliphatic heterocycles. The molecule has 2 aromatic heterocycles. The van der Waals surface area contributed by atoms with Gasteiger partial charge in [0.2, 0.25) is 5.95 Å². The van der Waals surface area contributed by atoms with Gasteiger partial charge in [0, 0.05) is 31.9 Å². The normalized spacial score (nSPS) is 15.4. The second-order valence-corrected chi connectivity index (χ2v) is 6.23. The van der Waals surface area contributed by atoms with Crippen LogP contribution in [0.3, 0.4) is 0 Å². The van der Waals surface area contributed by atoms with Crippen LogP contribution in [0.25, 0.3) is 11.2 Å². The van der Waals surface area contributed by atoms with E-state index in [1.54, 1.807) is 11.1 Å². The molecule has 0 bridgehead atoms. The molecule has 0 atom stereocenters. The number of hydrogen-bond acceptors (Lipinski definition) is 6. The minimum Gasteiger partial charge on any atom is -0.450 e. The number of hydrogen-bond donors (Lipinski definition) is 1. The largest absolute Gasteiger partial charge is 0.450 e. The average molecular weight is 361 g/mol. The summed E-state index contributed by atoms with van der Waals surface area (Å²) >= 11 is 0. The van der Waals surface area contributed by atoms with E-state index < -0.39 is 0 Å². The van der Waals surface area contributed by atoms with Crippen LogP contribution in [0.15, 0.2) is 18.3 Å². The van der Waals surface area contributed by atoms with E-state index in [-0.39, 0.29) is 12.1 Å². The fourth-order valence-electron chi connectivity index (χ4n) is 3.18. The number of carbonyl (C=O) groups excluding carboxylic acids is 1. The van der Waals surface area contributed by atoms with Crippen molar-refractivity contribution in [1.82, 2.24) is 19.4 Å². The molecule has 3 heterocycles. The van der Waals surface area contributed by atoms with Gasteiger partial charge in [-0.05, 0) is 38.8 Å². The summed E-state index contributed by atoms with van der Waals surface area (Å²) in [5.41, 5.74) is 1.73. The molecule has 3 rings (SSSR count).